The van der Waals surface area contributed by atoms with Crippen LogP contribution in [0.15, 0.2) is 54.6 Å². The number of rotatable bonds is 9. The number of hydrogen-bond donors (Lipinski definition) is 4. The smallest absolute Gasteiger partial charge is 0.405 e. The van der Waals surface area contributed by atoms with Gasteiger partial charge in [-0.15, -0.1) is 0 Å². The van der Waals surface area contributed by atoms with Crippen molar-refractivity contribution < 1.29 is 19.5 Å². The number of carboxylic acid groups (broad SMARTS) is 1. The molecule has 1 fully saturated rings. The second-order valence-electron chi connectivity index (χ2n) is 8.56. The predicted molar refractivity (Wildman–Crippen MR) is 136 cm³/mol. The van der Waals surface area contributed by atoms with E-state index in [4.69, 9.17) is 0 Å². The molecule has 2 heterocycles. The monoisotopic (exact) mass is 495 g/mol. The number of carbonyl (C=O) groups excluding carboxylic acids is 2. The van der Waals surface area contributed by atoms with E-state index in [1.165, 1.54) is 11.5 Å². The van der Waals surface area contributed by atoms with Gasteiger partial charge in [0, 0.05) is 38.0 Å². The lowest BCUT2D eigenvalue weighted by Crippen LogP contribution is -2.53. The minimum absolute atomic E-state index is 0.0989. The molecule has 1 saturated heterocycles. The van der Waals surface area contributed by atoms with Crippen molar-refractivity contribution in [2.24, 2.45) is 5.92 Å². The number of nitrogens with zero attached hydrogens (tertiary/aromatic N) is 2. The van der Waals surface area contributed by atoms with E-state index in [9.17, 15) is 19.5 Å². The summed E-state index contributed by atoms with van der Waals surface area (Å²) < 4.78 is 5.53. The van der Waals surface area contributed by atoms with E-state index < -0.39 is 12.1 Å². The lowest BCUT2D eigenvalue weighted by Gasteiger charge is -2.34. The standard InChI is InChI=1S/C25H29N5O4S/c31-23(27-13-12-26-22-19-10-4-5-11-21(19)35-29-22)18-9-6-14-30(16-18)24(32)20(28-25(33)34)15-17-7-2-1-3-8-17/h1-5,7-8,10-11,18,20,28H,6,9,12-16H2,(H,26,29)(H,27,31)(H,33,34). The van der Waals surface area contributed by atoms with Gasteiger partial charge in [0.15, 0.2) is 0 Å². The quantitative estimate of drug-likeness (QED) is 0.339. The number of aromatic nitrogens is 1. The van der Waals surface area contributed by atoms with Gasteiger partial charge in [0.05, 0.1) is 10.6 Å². The summed E-state index contributed by atoms with van der Waals surface area (Å²) in [4.78, 5) is 38.9. The predicted octanol–water partition coefficient (Wildman–Crippen LogP) is 2.94. The van der Waals surface area contributed by atoms with E-state index in [1.54, 1.807) is 4.90 Å². The first kappa shape index (κ1) is 24.5. The topological polar surface area (TPSA) is 124 Å². The Labute approximate surface area is 207 Å². The van der Waals surface area contributed by atoms with Crippen LogP contribution in [0.4, 0.5) is 10.6 Å². The van der Waals surface area contributed by atoms with Gasteiger partial charge in [-0.05, 0) is 42.1 Å². The van der Waals surface area contributed by atoms with Crippen LogP contribution in [-0.4, -0.2) is 64.5 Å². The summed E-state index contributed by atoms with van der Waals surface area (Å²) in [5.74, 6) is 0.0868. The molecule has 35 heavy (non-hydrogen) atoms. The summed E-state index contributed by atoms with van der Waals surface area (Å²) in [6, 6.07) is 16.4. The van der Waals surface area contributed by atoms with E-state index >= 15 is 0 Å². The van der Waals surface area contributed by atoms with Gasteiger partial charge in [0.2, 0.25) is 11.8 Å². The van der Waals surface area contributed by atoms with Gasteiger partial charge in [-0.3, -0.25) is 9.59 Å². The Bertz CT molecular complexity index is 1170. The highest BCUT2D eigenvalue weighted by Gasteiger charge is 2.32. The maximum absolute atomic E-state index is 13.2. The van der Waals surface area contributed by atoms with Crippen LogP contribution in [0, 0.1) is 5.92 Å². The molecule has 4 N–H and O–H groups in total. The Balaban J connectivity index is 1.28. The molecule has 1 aliphatic heterocycles. The van der Waals surface area contributed by atoms with E-state index in [0.717, 1.165) is 21.5 Å². The summed E-state index contributed by atoms with van der Waals surface area (Å²) in [7, 11) is 0. The zero-order valence-corrected chi connectivity index (χ0v) is 20.1. The largest absolute Gasteiger partial charge is 0.465 e. The van der Waals surface area contributed by atoms with Crippen LogP contribution in [0.3, 0.4) is 0 Å². The number of benzene rings is 2. The lowest BCUT2D eigenvalue weighted by atomic mass is 9.95. The Kier molecular flexibility index (Phi) is 8.15. The second kappa shape index (κ2) is 11.7. The van der Waals surface area contributed by atoms with Crippen LogP contribution < -0.4 is 16.0 Å². The molecule has 9 nitrogen and oxygen atoms in total. The number of likely N-dealkylation sites (tertiary alicyclic amines) is 1. The van der Waals surface area contributed by atoms with Crippen molar-refractivity contribution in [2.75, 3.05) is 31.5 Å². The molecule has 0 radical (unpaired) electrons. The molecule has 1 aliphatic rings. The molecule has 3 amide bonds. The zero-order chi connectivity index (χ0) is 24.6. The molecule has 0 bridgehead atoms. The summed E-state index contributed by atoms with van der Waals surface area (Å²) in [5.41, 5.74) is 0.867. The lowest BCUT2D eigenvalue weighted by molar-refractivity contribution is -0.137. The van der Waals surface area contributed by atoms with E-state index in [-0.39, 0.29) is 30.7 Å². The first-order chi connectivity index (χ1) is 17.0. The Morgan fingerprint density at radius 2 is 1.86 bits per heavy atom. The first-order valence-electron chi connectivity index (χ1n) is 11.7. The number of amides is 3. The molecule has 0 aliphatic carbocycles. The fraction of sp³-hybridized carbons (Fsp3) is 0.360. The highest BCUT2D eigenvalue weighted by molar-refractivity contribution is 7.13. The van der Waals surface area contributed by atoms with Gasteiger partial charge in [-0.2, -0.15) is 4.37 Å². The van der Waals surface area contributed by atoms with Crippen LogP contribution in [0.1, 0.15) is 18.4 Å². The van der Waals surface area contributed by atoms with Crippen molar-refractivity contribution >= 4 is 45.3 Å². The number of nitrogens with one attached hydrogen (secondary N) is 3. The summed E-state index contributed by atoms with van der Waals surface area (Å²) in [5, 5.41) is 18.9. The van der Waals surface area contributed by atoms with Crippen molar-refractivity contribution in [2.45, 2.75) is 25.3 Å². The number of hydrogen-bond acceptors (Lipinski definition) is 6. The van der Waals surface area contributed by atoms with Gasteiger partial charge < -0.3 is 26.0 Å². The molecule has 4 rings (SSSR count). The maximum Gasteiger partial charge on any atom is 0.405 e. The van der Waals surface area contributed by atoms with Gasteiger partial charge in [-0.1, -0.05) is 42.5 Å². The summed E-state index contributed by atoms with van der Waals surface area (Å²) in [6.07, 6.45) is 0.398. The SMILES string of the molecule is O=C(O)NC(Cc1ccccc1)C(=O)N1CCCC(C(=O)NCCNc2nsc3ccccc23)C1. The molecule has 2 aromatic carbocycles. The third-order valence-corrected chi connectivity index (χ3v) is 6.90. The van der Waals surface area contributed by atoms with Crippen LogP contribution >= 0.6 is 11.5 Å². The molecular weight excluding hydrogens is 466 g/mol. The number of piperidine rings is 1. The number of carbonyl (C=O) groups is 3. The highest BCUT2D eigenvalue weighted by atomic mass is 32.1. The average molecular weight is 496 g/mol. The third kappa shape index (κ3) is 6.48. The van der Waals surface area contributed by atoms with Crippen LogP contribution in [-0.2, 0) is 16.0 Å². The van der Waals surface area contributed by atoms with Crippen LogP contribution in [0.25, 0.3) is 10.1 Å². The Hall–Kier alpha value is -3.66. The van der Waals surface area contributed by atoms with Crippen molar-refractivity contribution in [3.05, 3.63) is 60.2 Å². The first-order valence-corrected chi connectivity index (χ1v) is 12.5. The Morgan fingerprint density at radius 1 is 1.09 bits per heavy atom. The van der Waals surface area contributed by atoms with Crippen molar-refractivity contribution in [3.8, 4) is 0 Å². The fourth-order valence-electron chi connectivity index (χ4n) is 4.33. The Morgan fingerprint density at radius 3 is 2.66 bits per heavy atom. The van der Waals surface area contributed by atoms with Gasteiger partial charge in [-0.25, -0.2) is 4.79 Å². The minimum Gasteiger partial charge on any atom is -0.465 e. The minimum atomic E-state index is -1.24. The third-order valence-electron chi connectivity index (χ3n) is 6.08. The number of anilines is 1. The van der Waals surface area contributed by atoms with Gasteiger partial charge >= 0.3 is 6.09 Å². The molecule has 184 valence electrons. The van der Waals surface area contributed by atoms with Crippen molar-refractivity contribution in [1.29, 1.82) is 0 Å². The molecular formula is C25H29N5O4S. The number of fused-ring (bicyclic) bond motifs is 1. The van der Waals surface area contributed by atoms with Crippen LogP contribution in [0.5, 0.6) is 0 Å². The van der Waals surface area contributed by atoms with Crippen molar-refractivity contribution in [3.63, 3.8) is 0 Å². The van der Waals surface area contributed by atoms with Gasteiger partial charge in [0.25, 0.3) is 0 Å². The van der Waals surface area contributed by atoms with Crippen LogP contribution in [0.2, 0.25) is 0 Å². The molecule has 0 saturated carbocycles. The van der Waals surface area contributed by atoms with Gasteiger partial charge in [0.1, 0.15) is 11.9 Å². The molecule has 2 atom stereocenters. The van der Waals surface area contributed by atoms with Crippen molar-refractivity contribution in [1.82, 2.24) is 19.9 Å². The molecule has 1 aromatic heterocycles. The molecule has 0 spiro atoms. The molecule has 10 heteroatoms. The zero-order valence-electron chi connectivity index (χ0n) is 19.3. The second-order valence-corrected chi connectivity index (χ2v) is 9.37. The van der Waals surface area contributed by atoms with E-state index in [0.29, 0.717) is 32.5 Å². The van der Waals surface area contributed by atoms with E-state index in [2.05, 4.69) is 20.3 Å². The average Bonchev–Trinajstić information content (AvgIpc) is 3.29. The normalized spacial score (nSPS) is 16.5. The summed E-state index contributed by atoms with van der Waals surface area (Å²) >= 11 is 1.43. The maximum atomic E-state index is 13.2. The molecule has 2 unspecified atom stereocenters. The highest BCUT2D eigenvalue weighted by Crippen LogP contribution is 2.25. The fourth-order valence-corrected chi connectivity index (χ4v) is 5.09. The summed E-state index contributed by atoms with van der Waals surface area (Å²) in [6.45, 7) is 1.76. The van der Waals surface area contributed by atoms with E-state index in [1.807, 2.05) is 54.6 Å². The molecule has 3 aromatic rings.